The summed E-state index contributed by atoms with van der Waals surface area (Å²) in [6.07, 6.45) is 3.38. The Hall–Kier alpha value is -1.33. The molecule has 0 aliphatic rings. The maximum absolute atomic E-state index is 11.1. The Morgan fingerprint density at radius 2 is 2.00 bits per heavy atom. The number of para-hydroxylation sites is 1. The van der Waals surface area contributed by atoms with E-state index in [0.717, 1.165) is 5.69 Å². The molecule has 2 aromatic rings. The second-order valence-electron chi connectivity index (χ2n) is 3.26. The first-order valence-electron chi connectivity index (χ1n) is 4.56. The van der Waals surface area contributed by atoms with Gasteiger partial charge in [-0.25, -0.2) is 13.1 Å². The smallest absolute Gasteiger partial charge is 0.236 e. The first kappa shape index (κ1) is 11.2. The van der Waals surface area contributed by atoms with Gasteiger partial charge in [-0.3, -0.25) is 0 Å². The molecule has 0 fully saturated rings. The third kappa shape index (κ3) is 2.62. The minimum atomic E-state index is -3.56. The molecule has 0 amide bonds. The number of hydrogen-bond donors (Lipinski definition) is 0. The molecule has 0 N–H and O–H groups in total. The molecular weight excluding hydrogens is 248 g/mol. The largest absolute Gasteiger partial charge is 0.241 e. The minimum Gasteiger partial charge on any atom is -0.241 e. The van der Waals surface area contributed by atoms with Crippen LogP contribution in [0.5, 0.6) is 0 Å². The van der Waals surface area contributed by atoms with Crippen LogP contribution in [0.2, 0.25) is 0 Å². The Labute approximate surface area is 97.9 Å². The van der Waals surface area contributed by atoms with Gasteiger partial charge < -0.3 is 0 Å². The highest BCUT2D eigenvalue weighted by Crippen LogP contribution is 2.17. The maximum Gasteiger partial charge on any atom is 0.236 e. The lowest BCUT2D eigenvalue weighted by Gasteiger charge is -2.07. The molecule has 0 spiro atoms. The van der Waals surface area contributed by atoms with E-state index in [9.17, 15) is 8.42 Å². The third-order valence-electron chi connectivity index (χ3n) is 2.07. The lowest BCUT2D eigenvalue weighted by Crippen LogP contribution is -2.03. The van der Waals surface area contributed by atoms with Crippen LogP contribution in [0.15, 0.2) is 42.7 Å². The first-order chi connectivity index (χ1) is 7.56. The molecule has 0 bridgehead atoms. The molecule has 1 heterocycles. The molecule has 0 saturated heterocycles. The second kappa shape index (κ2) is 4.27. The topological polar surface area (TPSA) is 52.0 Å². The van der Waals surface area contributed by atoms with Crippen molar-refractivity contribution in [2.75, 3.05) is 0 Å². The van der Waals surface area contributed by atoms with Crippen molar-refractivity contribution in [3.63, 3.8) is 0 Å². The molecule has 16 heavy (non-hydrogen) atoms. The summed E-state index contributed by atoms with van der Waals surface area (Å²) in [5, 5.41) is 4.06. The second-order valence-corrected chi connectivity index (χ2v) is 6.04. The molecule has 1 aromatic carbocycles. The zero-order chi connectivity index (χ0) is 11.6. The molecule has 0 unspecified atom stereocenters. The summed E-state index contributed by atoms with van der Waals surface area (Å²) < 4.78 is 23.7. The molecule has 0 aliphatic carbocycles. The number of benzene rings is 1. The van der Waals surface area contributed by atoms with Crippen LogP contribution in [-0.4, -0.2) is 18.2 Å². The quantitative estimate of drug-likeness (QED) is 0.789. The molecule has 0 saturated carbocycles. The molecule has 1 aromatic heterocycles. The number of aromatic nitrogens is 2. The van der Waals surface area contributed by atoms with Gasteiger partial charge in [-0.1, -0.05) is 18.2 Å². The number of nitrogens with zero attached hydrogens (tertiary/aromatic N) is 2. The van der Waals surface area contributed by atoms with Crippen molar-refractivity contribution in [3.05, 3.63) is 48.3 Å². The van der Waals surface area contributed by atoms with E-state index in [-0.39, 0.29) is 5.75 Å². The highest BCUT2D eigenvalue weighted by Gasteiger charge is 2.11. The summed E-state index contributed by atoms with van der Waals surface area (Å²) in [4.78, 5) is 0. The average Bonchev–Trinajstić information content (AvgIpc) is 2.69. The van der Waals surface area contributed by atoms with Crippen LogP contribution in [0.25, 0.3) is 5.69 Å². The molecule has 84 valence electrons. The van der Waals surface area contributed by atoms with E-state index >= 15 is 0 Å². The zero-order valence-corrected chi connectivity index (χ0v) is 9.82. The van der Waals surface area contributed by atoms with Gasteiger partial charge in [-0.05, 0) is 17.7 Å². The average molecular weight is 257 g/mol. The van der Waals surface area contributed by atoms with Crippen LogP contribution in [0, 0.1) is 0 Å². The SMILES string of the molecule is O=S(=O)(Cl)Cc1ccccc1-n1cccn1. The van der Waals surface area contributed by atoms with Crippen molar-refractivity contribution in [3.8, 4) is 5.69 Å². The Morgan fingerprint density at radius 1 is 1.25 bits per heavy atom. The van der Waals surface area contributed by atoms with E-state index in [2.05, 4.69) is 5.10 Å². The first-order valence-corrected chi connectivity index (χ1v) is 7.04. The van der Waals surface area contributed by atoms with Crippen LogP contribution in [0.3, 0.4) is 0 Å². The van der Waals surface area contributed by atoms with Crippen molar-refractivity contribution < 1.29 is 8.42 Å². The molecule has 6 heteroatoms. The van der Waals surface area contributed by atoms with E-state index in [4.69, 9.17) is 10.7 Å². The van der Waals surface area contributed by atoms with Gasteiger partial charge in [-0.15, -0.1) is 0 Å². The highest BCUT2D eigenvalue weighted by atomic mass is 35.7. The van der Waals surface area contributed by atoms with Gasteiger partial charge in [0.25, 0.3) is 0 Å². The van der Waals surface area contributed by atoms with E-state index in [1.54, 1.807) is 41.3 Å². The molecular formula is C10H9ClN2O2S. The Balaban J connectivity index is 2.47. The lowest BCUT2D eigenvalue weighted by molar-refractivity contribution is 0.608. The van der Waals surface area contributed by atoms with Crippen LogP contribution in [0.1, 0.15) is 5.56 Å². The number of hydrogen-bond acceptors (Lipinski definition) is 3. The van der Waals surface area contributed by atoms with Crippen LogP contribution in [-0.2, 0) is 14.8 Å². The third-order valence-corrected chi connectivity index (χ3v) is 3.05. The summed E-state index contributed by atoms with van der Waals surface area (Å²) in [5.74, 6) is -0.204. The van der Waals surface area contributed by atoms with Gasteiger partial charge in [-0.2, -0.15) is 5.10 Å². The highest BCUT2D eigenvalue weighted by molar-refractivity contribution is 8.13. The van der Waals surface area contributed by atoms with Gasteiger partial charge in [0.15, 0.2) is 0 Å². The molecule has 0 aliphatic heterocycles. The lowest BCUT2D eigenvalue weighted by atomic mass is 10.2. The summed E-state index contributed by atoms with van der Waals surface area (Å²) in [6.45, 7) is 0. The molecule has 4 nitrogen and oxygen atoms in total. The standard InChI is InChI=1S/C10H9ClN2O2S/c11-16(14,15)8-9-4-1-2-5-10(9)13-7-3-6-12-13/h1-7H,8H2. The van der Waals surface area contributed by atoms with Gasteiger partial charge >= 0.3 is 0 Å². The van der Waals surface area contributed by atoms with E-state index in [0.29, 0.717) is 5.56 Å². The van der Waals surface area contributed by atoms with E-state index in [1.165, 1.54) is 0 Å². The minimum absolute atomic E-state index is 0.204. The predicted molar refractivity (Wildman–Crippen MR) is 62.0 cm³/mol. The van der Waals surface area contributed by atoms with Crippen molar-refractivity contribution >= 4 is 19.7 Å². The Bertz CT molecular complexity index is 579. The predicted octanol–water partition coefficient (Wildman–Crippen LogP) is 1.94. The molecule has 2 rings (SSSR count). The Kier molecular flexibility index (Phi) is 2.98. The molecule has 0 atom stereocenters. The van der Waals surface area contributed by atoms with E-state index in [1.807, 2.05) is 6.07 Å². The normalized spacial score (nSPS) is 11.6. The number of halogens is 1. The zero-order valence-electron chi connectivity index (χ0n) is 8.25. The van der Waals surface area contributed by atoms with Crippen LogP contribution in [0.4, 0.5) is 0 Å². The van der Waals surface area contributed by atoms with Crippen molar-refractivity contribution in [1.82, 2.24) is 9.78 Å². The van der Waals surface area contributed by atoms with Crippen molar-refractivity contribution in [2.24, 2.45) is 0 Å². The van der Waals surface area contributed by atoms with Gasteiger partial charge in [0.1, 0.15) is 0 Å². The summed E-state index contributed by atoms with van der Waals surface area (Å²) in [7, 11) is 1.68. The van der Waals surface area contributed by atoms with Gasteiger partial charge in [0.2, 0.25) is 9.05 Å². The van der Waals surface area contributed by atoms with Gasteiger partial charge in [0, 0.05) is 23.1 Å². The summed E-state index contributed by atoms with van der Waals surface area (Å²) in [6, 6.07) is 8.87. The fourth-order valence-corrected chi connectivity index (χ4v) is 2.42. The van der Waals surface area contributed by atoms with Gasteiger partial charge in [0.05, 0.1) is 11.4 Å². The monoisotopic (exact) mass is 256 g/mol. The van der Waals surface area contributed by atoms with Crippen LogP contribution < -0.4 is 0 Å². The summed E-state index contributed by atoms with van der Waals surface area (Å²) >= 11 is 0. The fraction of sp³-hybridized carbons (Fsp3) is 0.100. The van der Waals surface area contributed by atoms with Crippen molar-refractivity contribution in [1.29, 1.82) is 0 Å². The maximum atomic E-state index is 11.1. The van der Waals surface area contributed by atoms with Crippen LogP contribution >= 0.6 is 10.7 Å². The molecule has 0 radical (unpaired) electrons. The Morgan fingerprint density at radius 3 is 2.62 bits per heavy atom. The van der Waals surface area contributed by atoms with Crippen molar-refractivity contribution in [2.45, 2.75) is 5.75 Å². The number of rotatable bonds is 3. The fourth-order valence-electron chi connectivity index (χ4n) is 1.45. The van der Waals surface area contributed by atoms with E-state index < -0.39 is 9.05 Å². The summed E-state index contributed by atoms with van der Waals surface area (Å²) in [5.41, 5.74) is 1.35.